The van der Waals surface area contributed by atoms with Gasteiger partial charge in [0.25, 0.3) is 0 Å². The lowest BCUT2D eigenvalue weighted by molar-refractivity contribution is -0.0293. The molecular formula is C15H18N2O4S. The Bertz CT molecular complexity index is 718. The molecule has 0 saturated carbocycles. The molecule has 118 valence electrons. The molecule has 2 heterocycles. The van der Waals surface area contributed by atoms with Crippen LogP contribution in [-0.2, 0) is 19.5 Å². The summed E-state index contributed by atoms with van der Waals surface area (Å²) in [7, 11) is -3.64. The molecule has 1 aromatic carbocycles. The van der Waals surface area contributed by atoms with Gasteiger partial charge >= 0.3 is 0 Å². The fourth-order valence-electron chi connectivity index (χ4n) is 3.05. The summed E-state index contributed by atoms with van der Waals surface area (Å²) in [5, 5.41) is 8.99. The lowest BCUT2D eigenvalue weighted by Gasteiger charge is -2.42. The molecule has 2 fully saturated rings. The first-order valence-electron chi connectivity index (χ1n) is 7.19. The zero-order chi connectivity index (χ0) is 15.8. The van der Waals surface area contributed by atoms with Gasteiger partial charge in [-0.25, -0.2) is 8.42 Å². The van der Waals surface area contributed by atoms with Gasteiger partial charge in [0.1, 0.15) is 0 Å². The summed E-state index contributed by atoms with van der Waals surface area (Å²) in [4.78, 5) is 0.220. The van der Waals surface area contributed by atoms with Gasteiger partial charge in [-0.2, -0.15) is 9.57 Å². The van der Waals surface area contributed by atoms with E-state index in [2.05, 4.69) is 6.07 Å². The van der Waals surface area contributed by atoms with E-state index in [1.807, 2.05) is 0 Å². The summed E-state index contributed by atoms with van der Waals surface area (Å²) in [5.41, 5.74) is 0.548. The number of morpholine rings is 1. The Morgan fingerprint density at radius 2 is 2.00 bits per heavy atom. The number of benzene rings is 1. The van der Waals surface area contributed by atoms with Gasteiger partial charge in [-0.3, -0.25) is 0 Å². The molecule has 1 spiro atoms. The van der Waals surface area contributed by atoms with Gasteiger partial charge in [-0.1, -0.05) is 0 Å². The Kier molecular flexibility index (Phi) is 3.95. The smallest absolute Gasteiger partial charge is 0.243 e. The van der Waals surface area contributed by atoms with Crippen LogP contribution in [0.5, 0.6) is 0 Å². The van der Waals surface area contributed by atoms with E-state index >= 15 is 0 Å². The number of aryl methyl sites for hydroxylation is 1. The van der Waals surface area contributed by atoms with Gasteiger partial charge in [-0.15, -0.1) is 0 Å². The highest BCUT2D eigenvalue weighted by Gasteiger charge is 2.49. The van der Waals surface area contributed by atoms with Gasteiger partial charge in [0.15, 0.2) is 0 Å². The van der Waals surface area contributed by atoms with Crippen LogP contribution in [0, 0.1) is 18.3 Å². The van der Waals surface area contributed by atoms with Crippen molar-refractivity contribution in [3.05, 3.63) is 29.3 Å². The van der Waals surface area contributed by atoms with Crippen LogP contribution in [-0.4, -0.2) is 51.2 Å². The van der Waals surface area contributed by atoms with Crippen LogP contribution in [0.4, 0.5) is 0 Å². The molecule has 2 aliphatic rings. The van der Waals surface area contributed by atoms with Crippen molar-refractivity contribution in [2.24, 2.45) is 0 Å². The maximum Gasteiger partial charge on any atom is 0.243 e. The molecule has 0 radical (unpaired) electrons. The molecule has 1 unspecified atom stereocenters. The third-order valence-electron chi connectivity index (χ3n) is 4.33. The Morgan fingerprint density at radius 3 is 2.59 bits per heavy atom. The van der Waals surface area contributed by atoms with E-state index in [9.17, 15) is 8.42 Å². The molecule has 1 aromatic rings. The largest absolute Gasteiger partial charge is 0.379 e. The number of hydrogen-bond donors (Lipinski definition) is 0. The maximum absolute atomic E-state index is 13.0. The molecule has 1 atom stereocenters. The molecule has 7 heteroatoms. The van der Waals surface area contributed by atoms with Gasteiger partial charge in [0.05, 0.1) is 41.9 Å². The molecule has 6 nitrogen and oxygen atoms in total. The number of nitriles is 1. The quantitative estimate of drug-likeness (QED) is 0.813. The molecule has 3 rings (SSSR count). The van der Waals surface area contributed by atoms with Crippen molar-refractivity contribution in [3.63, 3.8) is 0 Å². The summed E-state index contributed by atoms with van der Waals surface area (Å²) in [6, 6.07) is 6.67. The summed E-state index contributed by atoms with van der Waals surface area (Å²) in [6.07, 6.45) is 0.640. The average Bonchev–Trinajstić information content (AvgIpc) is 2.96. The van der Waals surface area contributed by atoms with Crippen LogP contribution in [0.3, 0.4) is 0 Å². The third-order valence-corrected chi connectivity index (χ3v) is 6.33. The first kappa shape index (κ1) is 15.4. The summed E-state index contributed by atoms with van der Waals surface area (Å²) in [6.45, 7) is 3.72. The topological polar surface area (TPSA) is 79.6 Å². The van der Waals surface area contributed by atoms with Crippen LogP contribution in [0.25, 0.3) is 0 Å². The molecular weight excluding hydrogens is 304 g/mol. The Morgan fingerprint density at radius 1 is 1.27 bits per heavy atom. The van der Waals surface area contributed by atoms with Gasteiger partial charge in [-0.05, 0) is 37.1 Å². The molecule has 0 aliphatic carbocycles. The number of sulfonamides is 1. The number of ether oxygens (including phenoxy) is 2. The second-order valence-corrected chi connectivity index (χ2v) is 7.61. The van der Waals surface area contributed by atoms with E-state index in [-0.39, 0.29) is 4.90 Å². The van der Waals surface area contributed by atoms with Crippen LogP contribution in [0.2, 0.25) is 0 Å². The number of hydrogen-bond acceptors (Lipinski definition) is 5. The minimum Gasteiger partial charge on any atom is -0.379 e. The zero-order valence-corrected chi connectivity index (χ0v) is 13.2. The van der Waals surface area contributed by atoms with Crippen molar-refractivity contribution in [2.75, 3.05) is 33.0 Å². The predicted octanol–water partition coefficient (Wildman–Crippen LogP) is 1.05. The molecule has 22 heavy (non-hydrogen) atoms. The highest BCUT2D eigenvalue weighted by atomic mass is 32.2. The molecule has 0 N–H and O–H groups in total. The summed E-state index contributed by atoms with van der Waals surface area (Å²) < 4.78 is 38.5. The standard InChI is InChI=1S/C15H18N2O4S/c1-12-8-14(3-2-13(12)9-16)22(18,19)17-5-7-21-11-15(17)4-6-20-10-15/h2-3,8H,4-7,10-11H2,1H3. The summed E-state index contributed by atoms with van der Waals surface area (Å²) >= 11 is 0. The van der Waals surface area contributed by atoms with E-state index in [1.165, 1.54) is 10.4 Å². The van der Waals surface area contributed by atoms with Gasteiger partial charge in [0, 0.05) is 13.2 Å². The van der Waals surface area contributed by atoms with Crippen molar-refractivity contribution in [3.8, 4) is 6.07 Å². The summed E-state index contributed by atoms with van der Waals surface area (Å²) in [5.74, 6) is 0. The van der Waals surface area contributed by atoms with E-state index in [0.717, 1.165) is 0 Å². The Labute approximate surface area is 130 Å². The molecule has 2 aliphatic heterocycles. The second-order valence-electron chi connectivity index (χ2n) is 5.75. The highest BCUT2D eigenvalue weighted by Crippen LogP contribution is 2.34. The van der Waals surface area contributed by atoms with E-state index in [4.69, 9.17) is 14.7 Å². The van der Waals surface area contributed by atoms with Crippen LogP contribution in [0.1, 0.15) is 17.5 Å². The van der Waals surface area contributed by atoms with Crippen molar-refractivity contribution in [1.29, 1.82) is 5.26 Å². The second kappa shape index (κ2) is 5.63. The van der Waals surface area contributed by atoms with E-state index in [0.29, 0.717) is 50.5 Å². The maximum atomic E-state index is 13.0. The van der Waals surface area contributed by atoms with Crippen molar-refractivity contribution in [2.45, 2.75) is 23.8 Å². The minimum absolute atomic E-state index is 0.220. The first-order valence-corrected chi connectivity index (χ1v) is 8.63. The molecule has 0 bridgehead atoms. The van der Waals surface area contributed by atoms with Crippen LogP contribution in [0.15, 0.2) is 23.1 Å². The SMILES string of the molecule is Cc1cc(S(=O)(=O)N2CCOCC23CCOC3)ccc1C#N. The normalized spacial score (nSPS) is 26.2. The monoisotopic (exact) mass is 322 g/mol. The zero-order valence-electron chi connectivity index (χ0n) is 12.4. The van der Waals surface area contributed by atoms with Gasteiger partial charge < -0.3 is 9.47 Å². The van der Waals surface area contributed by atoms with Crippen molar-refractivity contribution >= 4 is 10.0 Å². The Balaban J connectivity index is 2.01. The fourth-order valence-corrected chi connectivity index (χ4v) is 4.89. The lowest BCUT2D eigenvalue weighted by atomic mass is 9.99. The Hall–Kier alpha value is -1.46. The average molecular weight is 322 g/mol. The number of rotatable bonds is 2. The fraction of sp³-hybridized carbons (Fsp3) is 0.533. The molecule has 2 saturated heterocycles. The number of nitrogens with zero attached hydrogens (tertiary/aromatic N) is 2. The van der Waals surface area contributed by atoms with E-state index < -0.39 is 15.6 Å². The minimum atomic E-state index is -3.64. The van der Waals surface area contributed by atoms with Crippen molar-refractivity contribution < 1.29 is 17.9 Å². The van der Waals surface area contributed by atoms with Crippen molar-refractivity contribution in [1.82, 2.24) is 4.31 Å². The third kappa shape index (κ3) is 2.42. The lowest BCUT2D eigenvalue weighted by Crippen LogP contribution is -2.59. The highest BCUT2D eigenvalue weighted by molar-refractivity contribution is 7.89. The van der Waals surface area contributed by atoms with Gasteiger partial charge in [0.2, 0.25) is 10.0 Å². The molecule has 0 amide bonds. The molecule has 0 aromatic heterocycles. The van der Waals surface area contributed by atoms with Crippen LogP contribution >= 0.6 is 0 Å². The first-order chi connectivity index (χ1) is 10.5. The van der Waals surface area contributed by atoms with E-state index in [1.54, 1.807) is 19.1 Å². The van der Waals surface area contributed by atoms with Crippen LogP contribution < -0.4 is 0 Å². The predicted molar refractivity (Wildman–Crippen MR) is 78.8 cm³/mol.